The summed E-state index contributed by atoms with van der Waals surface area (Å²) in [6.45, 7) is 3.03. The highest BCUT2D eigenvalue weighted by Crippen LogP contribution is 2.25. The van der Waals surface area contributed by atoms with Crippen molar-refractivity contribution in [2.24, 2.45) is 0 Å². The van der Waals surface area contributed by atoms with Gasteiger partial charge in [0.05, 0.1) is 15.6 Å². The molecule has 0 aliphatic carbocycles. The number of hydrogen-bond donors (Lipinski definition) is 0. The first-order valence-corrected chi connectivity index (χ1v) is 6.87. The van der Waals surface area contributed by atoms with E-state index in [1.165, 1.54) is 6.07 Å². The monoisotopic (exact) mass is 304 g/mol. The topological polar surface area (TPSA) is 23.6 Å². The Morgan fingerprint density at radius 3 is 2.63 bits per heavy atom. The molecule has 1 saturated heterocycles. The van der Waals surface area contributed by atoms with Crippen molar-refractivity contribution in [3.05, 3.63) is 33.6 Å². The van der Waals surface area contributed by atoms with Gasteiger partial charge in [-0.15, -0.1) is 0 Å². The van der Waals surface area contributed by atoms with Crippen LogP contribution >= 0.6 is 23.2 Å². The maximum absolute atomic E-state index is 13.5. The summed E-state index contributed by atoms with van der Waals surface area (Å²) in [6, 6.07) is 2.39. The minimum absolute atomic E-state index is 0.0721. The zero-order valence-corrected chi connectivity index (χ0v) is 12.1. The number of nitrogens with zero attached hydrogens (tertiary/aromatic N) is 2. The van der Waals surface area contributed by atoms with Gasteiger partial charge in [0.15, 0.2) is 0 Å². The lowest BCUT2D eigenvalue weighted by molar-refractivity contribution is 0.0762. The van der Waals surface area contributed by atoms with Gasteiger partial charge in [0.25, 0.3) is 5.91 Å². The average Bonchev–Trinajstić information content (AvgIpc) is 2.58. The third-order valence-corrected chi connectivity index (χ3v) is 3.85. The molecule has 6 heteroatoms. The van der Waals surface area contributed by atoms with Gasteiger partial charge in [-0.3, -0.25) is 4.79 Å². The van der Waals surface area contributed by atoms with Crippen LogP contribution in [0.5, 0.6) is 0 Å². The largest absolute Gasteiger partial charge is 0.337 e. The molecule has 0 aromatic heterocycles. The second-order valence-electron chi connectivity index (χ2n) is 4.70. The van der Waals surface area contributed by atoms with Crippen LogP contribution in [0, 0.1) is 5.82 Å². The summed E-state index contributed by atoms with van der Waals surface area (Å²) < 4.78 is 13.5. The number of rotatable bonds is 1. The van der Waals surface area contributed by atoms with E-state index in [1.807, 2.05) is 7.05 Å². The standard InChI is InChI=1S/C13H15Cl2FN2O/c1-17-3-2-4-18(6-5-17)13(19)9-7-12(16)11(15)8-10(9)14/h7-8H,2-6H2,1H3. The van der Waals surface area contributed by atoms with E-state index in [0.717, 1.165) is 25.6 Å². The van der Waals surface area contributed by atoms with Crippen molar-refractivity contribution in [3.63, 3.8) is 0 Å². The lowest BCUT2D eigenvalue weighted by atomic mass is 10.2. The zero-order chi connectivity index (χ0) is 14.0. The highest BCUT2D eigenvalue weighted by molar-refractivity contribution is 6.36. The molecule has 0 spiro atoms. The van der Waals surface area contributed by atoms with E-state index in [-0.39, 0.29) is 21.5 Å². The highest BCUT2D eigenvalue weighted by atomic mass is 35.5. The number of amides is 1. The Morgan fingerprint density at radius 1 is 1.16 bits per heavy atom. The molecule has 0 atom stereocenters. The van der Waals surface area contributed by atoms with Crippen LogP contribution in [-0.2, 0) is 0 Å². The zero-order valence-electron chi connectivity index (χ0n) is 10.6. The molecular formula is C13H15Cl2FN2O. The molecule has 1 aromatic rings. The van der Waals surface area contributed by atoms with E-state index < -0.39 is 5.82 Å². The van der Waals surface area contributed by atoms with Crippen molar-refractivity contribution in [2.45, 2.75) is 6.42 Å². The van der Waals surface area contributed by atoms with Crippen molar-refractivity contribution >= 4 is 29.1 Å². The lowest BCUT2D eigenvalue weighted by Gasteiger charge is -2.21. The molecule has 1 aliphatic heterocycles. The second-order valence-corrected chi connectivity index (χ2v) is 5.51. The predicted octanol–water partition coefficient (Wildman–Crippen LogP) is 2.91. The van der Waals surface area contributed by atoms with Gasteiger partial charge in [-0.1, -0.05) is 23.2 Å². The molecule has 2 rings (SSSR count). The number of likely N-dealkylation sites (N-methyl/N-ethyl adjacent to an activating group) is 1. The van der Waals surface area contributed by atoms with Crippen LogP contribution in [0.25, 0.3) is 0 Å². The van der Waals surface area contributed by atoms with Gasteiger partial charge in [0.1, 0.15) is 5.82 Å². The van der Waals surface area contributed by atoms with E-state index in [2.05, 4.69) is 4.90 Å². The Labute approximate surface area is 121 Å². The summed E-state index contributed by atoms with van der Waals surface area (Å²) in [6.07, 6.45) is 0.899. The molecule has 0 radical (unpaired) electrons. The molecular weight excluding hydrogens is 290 g/mol. The molecule has 19 heavy (non-hydrogen) atoms. The number of benzene rings is 1. The fourth-order valence-corrected chi connectivity index (χ4v) is 2.57. The first-order chi connectivity index (χ1) is 8.99. The maximum atomic E-state index is 13.5. The summed E-state index contributed by atoms with van der Waals surface area (Å²) in [5.41, 5.74) is 0.174. The van der Waals surface area contributed by atoms with Crippen molar-refractivity contribution in [1.82, 2.24) is 9.80 Å². The van der Waals surface area contributed by atoms with Gasteiger partial charge in [0.2, 0.25) is 0 Å². The van der Waals surface area contributed by atoms with Crippen molar-refractivity contribution in [3.8, 4) is 0 Å². The van der Waals surface area contributed by atoms with E-state index in [9.17, 15) is 9.18 Å². The Morgan fingerprint density at radius 2 is 1.89 bits per heavy atom. The molecule has 0 saturated carbocycles. The summed E-state index contributed by atoms with van der Waals surface area (Å²) in [7, 11) is 2.02. The molecule has 1 aliphatic rings. The van der Waals surface area contributed by atoms with Crippen LogP contribution in [0.1, 0.15) is 16.8 Å². The summed E-state index contributed by atoms with van der Waals surface area (Å²) in [4.78, 5) is 16.2. The summed E-state index contributed by atoms with van der Waals surface area (Å²) in [5, 5.41) is 0.117. The fourth-order valence-electron chi connectivity index (χ4n) is 2.11. The van der Waals surface area contributed by atoms with Crippen LogP contribution in [0.15, 0.2) is 12.1 Å². The third kappa shape index (κ3) is 3.38. The minimum atomic E-state index is -0.624. The van der Waals surface area contributed by atoms with Gasteiger partial charge in [-0.05, 0) is 32.1 Å². The molecule has 0 bridgehead atoms. The smallest absolute Gasteiger partial charge is 0.255 e. The fraction of sp³-hybridized carbons (Fsp3) is 0.462. The maximum Gasteiger partial charge on any atom is 0.255 e. The van der Waals surface area contributed by atoms with Crippen molar-refractivity contribution < 1.29 is 9.18 Å². The number of carbonyl (C=O) groups is 1. The first kappa shape index (κ1) is 14.6. The third-order valence-electron chi connectivity index (χ3n) is 3.25. The summed E-state index contributed by atoms with van der Waals surface area (Å²) >= 11 is 11.6. The van der Waals surface area contributed by atoms with Gasteiger partial charge < -0.3 is 9.80 Å². The normalized spacial score (nSPS) is 17.4. The van der Waals surface area contributed by atoms with E-state index in [1.54, 1.807) is 4.90 Å². The molecule has 3 nitrogen and oxygen atoms in total. The Balaban J connectivity index is 2.21. The first-order valence-electron chi connectivity index (χ1n) is 6.11. The van der Waals surface area contributed by atoms with Crippen LogP contribution in [0.4, 0.5) is 4.39 Å². The number of hydrogen-bond acceptors (Lipinski definition) is 2. The van der Waals surface area contributed by atoms with Gasteiger partial charge >= 0.3 is 0 Å². The predicted molar refractivity (Wildman–Crippen MR) is 74.4 cm³/mol. The van der Waals surface area contributed by atoms with E-state index >= 15 is 0 Å². The number of carbonyl (C=O) groups excluding carboxylic acids is 1. The van der Waals surface area contributed by atoms with Crippen molar-refractivity contribution in [1.29, 1.82) is 0 Å². The molecule has 104 valence electrons. The molecule has 1 amide bonds. The Kier molecular flexibility index (Phi) is 4.66. The van der Waals surface area contributed by atoms with Gasteiger partial charge in [0, 0.05) is 19.6 Å². The summed E-state index contributed by atoms with van der Waals surface area (Å²) in [5.74, 6) is -0.864. The quantitative estimate of drug-likeness (QED) is 0.745. The molecule has 1 fully saturated rings. The van der Waals surface area contributed by atoms with Gasteiger partial charge in [-0.25, -0.2) is 4.39 Å². The SMILES string of the molecule is CN1CCCN(C(=O)c2cc(F)c(Cl)cc2Cl)CC1. The van der Waals surface area contributed by atoms with Crippen LogP contribution < -0.4 is 0 Å². The van der Waals surface area contributed by atoms with Crippen LogP contribution in [0.2, 0.25) is 10.0 Å². The molecule has 0 unspecified atom stereocenters. The van der Waals surface area contributed by atoms with Crippen molar-refractivity contribution in [2.75, 3.05) is 33.2 Å². The van der Waals surface area contributed by atoms with Crippen LogP contribution in [-0.4, -0.2) is 48.9 Å². The number of halogens is 3. The van der Waals surface area contributed by atoms with Gasteiger partial charge in [-0.2, -0.15) is 0 Å². The molecule has 1 aromatic carbocycles. The Bertz CT molecular complexity index is 496. The van der Waals surface area contributed by atoms with Crippen LogP contribution in [0.3, 0.4) is 0 Å². The second kappa shape index (κ2) is 6.07. The molecule has 1 heterocycles. The average molecular weight is 305 g/mol. The molecule has 0 N–H and O–H groups in total. The lowest BCUT2D eigenvalue weighted by Crippen LogP contribution is -2.34. The minimum Gasteiger partial charge on any atom is -0.337 e. The van der Waals surface area contributed by atoms with E-state index in [0.29, 0.717) is 13.1 Å². The van der Waals surface area contributed by atoms with E-state index in [4.69, 9.17) is 23.2 Å². The Hall–Kier alpha value is -0.840. The highest BCUT2D eigenvalue weighted by Gasteiger charge is 2.22.